The van der Waals surface area contributed by atoms with Crippen LogP contribution in [-0.2, 0) is 42.7 Å². The number of nitrogens with zero attached hydrogens (tertiary/aromatic N) is 1. The van der Waals surface area contributed by atoms with Gasteiger partial charge in [0, 0.05) is 54.8 Å². The highest BCUT2D eigenvalue weighted by molar-refractivity contribution is 6.30. The number of carbonyl (C=O) groups excluding carboxylic acids is 4. The Labute approximate surface area is 323 Å². The Morgan fingerprint density at radius 2 is 1.59 bits per heavy atom. The Morgan fingerprint density at radius 1 is 0.911 bits per heavy atom. The molecule has 16 heteroatoms. The summed E-state index contributed by atoms with van der Waals surface area (Å²) in [6.45, 7) is 4.97. The summed E-state index contributed by atoms with van der Waals surface area (Å²) in [7, 11) is 4.89. The zero-order valence-corrected chi connectivity index (χ0v) is 32.1. The van der Waals surface area contributed by atoms with Crippen LogP contribution in [0, 0.1) is 0 Å². The van der Waals surface area contributed by atoms with Crippen LogP contribution < -0.4 is 0 Å². The molecule has 2 aromatic rings. The number of esters is 1. The van der Waals surface area contributed by atoms with Gasteiger partial charge in [-0.15, -0.1) is 0 Å². The number of methoxy groups -OCH3 is 1. The van der Waals surface area contributed by atoms with Crippen molar-refractivity contribution < 1.29 is 72.8 Å². The fraction of sp³-hybridized carbons (Fsp3) is 0.600. The number of fused-ring (bicyclic) bond motifs is 3. The van der Waals surface area contributed by atoms with Crippen LogP contribution in [0.4, 0.5) is 0 Å². The molecular formula is C40H49NO15. The minimum atomic E-state index is -1.80. The summed E-state index contributed by atoms with van der Waals surface area (Å²) in [5.41, 5.74) is -2.58. The maximum atomic E-state index is 13.8. The molecule has 0 aromatic heterocycles. The molecule has 0 bridgehead atoms. The Hall–Kier alpha value is -3.84. The second-order valence-corrected chi connectivity index (χ2v) is 15.8. The van der Waals surface area contributed by atoms with Crippen LogP contribution in [0.25, 0.3) is 0 Å². The molecule has 3 fully saturated rings. The van der Waals surface area contributed by atoms with Crippen LogP contribution >= 0.6 is 0 Å². The molecule has 2 aromatic carbocycles. The number of likely N-dealkylation sites (N-methyl/N-ethyl adjacent to an activating group) is 1. The molecule has 0 saturated carbocycles. The monoisotopic (exact) mass is 783 g/mol. The van der Waals surface area contributed by atoms with Crippen LogP contribution in [-0.4, -0.2) is 137 Å². The highest BCUT2D eigenvalue weighted by Gasteiger charge is 2.52. The Bertz CT molecular complexity index is 1870. The lowest BCUT2D eigenvalue weighted by Gasteiger charge is -2.47. The van der Waals surface area contributed by atoms with Crippen molar-refractivity contribution in [1.29, 1.82) is 0 Å². The summed E-state index contributed by atoms with van der Waals surface area (Å²) in [6.07, 6.45) is -6.05. The third kappa shape index (κ3) is 7.27. The number of hydrogen-bond acceptors (Lipinski definition) is 16. The SMILES string of the molecule is COC(=O)[C@@H]1c2cc3c(c(O)c2C(OC2CC(N(C)C)C(OC4CC(O)C(OC5CCC(=O)CO5)C(C)O4)C(C)O2)CC1(C)O)C(=O)c1c(O)cccc1C3=O. The second kappa shape index (κ2) is 15.5. The topological polar surface area (TPSA) is 217 Å². The highest BCUT2D eigenvalue weighted by atomic mass is 16.7. The van der Waals surface area contributed by atoms with E-state index in [0.29, 0.717) is 12.8 Å². The van der Waals surface area contributed by atoms with Crippen LogP contribution in [0.15, 0.2) is 24.3 Å². The summed E-state index contributed by atoms with van der Waals surface area (Å²) < 4.78 is 42.1. The number of ketones is 3. The number of hydrogen-bond donors (Lipinski definition) is 4. The number of aliphatic hydroxyl groups excluding tert-OH is 1. The van der Waals surface area contributed by atoms with Crippen molar-refractivity contribution in [3.05, 3.63) is 57.6 Å². The smallest absolute Gasteiger partial charge is 0.316 e. The molecule has 0 radical (unpaired) electrons. The fourth-order valence-electron chi connectivity index (χ4n) is 8.85. The van der Waals surface area contributed by atoms with Crippen LogP contribution in [0.5, 0.6) is 11.5 Å². The molecule has 5 aliphatic rings. The van der Waals surface area contributed by atoms with Gasteiger partial charge in [0.1, 0.15) is 36.2 Å². The van der Waals surface area contributed by atoms with E-state index < -0.39 is 96.0 Å². The molecule has 0 amide bonds. The van der Waals surface area contributed by atoms with Gasteiger partial charge in [0.05, 0.1) is 48.3 Å². The summed E-state index contributed by atoms with van der Waals surface area (Å²) >= 11 is 0. The molecule has 16 nitrogen and oxygen atoms in total. The van der Waals surface area contributed by atoms with Crippen molar-refractivity contribution in [1.82, 2.24) is 4.90 Å². The van der Waals surface area contributed by atoms with Gasteiger partial charge in [0.25, 0.3) is 0 Å². The molecule has 304 valence electrons. The number of ether oxygens (including phenoxy) is 7. The summed E-state index contributed by atoms with van der Waals surface area (Å²) in [5, 5.41) is 45.3. The first kappa shape index (κ1) is 40.4. The predicted octanol–water partition coefficient (Wildman–Crippen LogP) is 2.38. The Morgan fingerprint density at radius 3 is 2.23 bits per heavy atom. The molecule has 12 atom stereocenters. The molecule has 11 unspecified atom stereocenters. The van der Waals surface area contributed by atoms with Crippen molar-refractivity contribution in [2.45, 2.75) is 126 Å². The zero-order chi connectivity index (χ0) is 40.4. The number of phenols is 2. The molecule has 3 aliphatic heterocycles. The molecular weight excluding hydrogens is 734 g/mol. The van der Waals surface area contributed by atoms with E-state index in [1.807, 2.05) is 19.0 Å². The number of rotatable bonds is 8. The van der Waals surface area contributed by atoms with E-state index in [1.165, 1.54) is 31.2 Å². The molecule has 0 spiro atoms. The lowest BCUT2D eigenvalue weighted by Crippen LogP contribution is -2.58. The molecule has 3 heterocycles. The highest BCUT2D eigenvalue weighted by Crippen LogP contribution is 2.53. The molecule has 7 rings (SSSR count). The van der Waals surface area contributed by atoms with E-state index in [0.717, 1.165) is 7.11 Å². The van der Waals surface area contributed by atoms with Gasteiger partial charge in [-0.3, -0.25) is 19.2 Å². The van der Waals surface area contributed by atoms with Crippen molar-refractivity contribution in [2.24, 2.45) is 0 Å². The number of aromatic hydroxyl groups is 2. The zero-order valence-electron chi connectivity index (χ0n) is 32.1. The van der Waals surface area contributed by atoms with Crippen molar-refractivity contribution >= 4 is 23.3 Å². The van der Waals surface area contributed by atoms with E-state index in [4.69, 9.17) is 33.2 Å². The van der Waals surface area contributed by atoms with E-state index in [-0.39, 0.29) is 71.1 Å². The van der Waals surface area contributed by atoms with Gasteiger partial charge >= 0.3 is 5.97 Å². The third-order valence-corrected chi connectivity index (χ3v) is 11.6. The van der Waals surface area contributed by atoms with E-state index in [2.05, 4.69) is 0 Å². The van der Waals surface area contributed by atoms with E-state index in [1.54, 1.807) is 13.8 Å². The quantitative estimate of drug-likeness (QED) is 0.241. The third-order valence-electron chi connectivity index (χ3n) is 11.6. The first-order valence-electron chi connectivity index (χ1n) is 18.9. The van der Waals surface area contributed by atoms with Gasteiger partial charge < -0.3 is 58.5 Å². The Kier molecular flexibility index (Phi) is 11.2. The molecule has 4 N–H and O–H groups in total. The van der Waals surface area contributed by atoms with Gasteiger partial charge in [0.2, 0.25) is 5.78 Å². The number of carbonyl (C=O) groups is 4. The van der Waals surface area contributed by atoms with Crippen molar-refractivity contribution in [3.8, 4) is 11.5 Å². The minimum absolute atomic E-state index is 0.000550. The summed E-state index contributed by atoms with van der Waals surface area (Å²) in [6, 6.07) is 5.07. The largest absolute Gasteiger partial charge is 0.507 e. The fourth-order valence-corrected chi connectivity index (χ4v) is 8.85. The first-order valence-corrected chi connectivity index (χ1v) is 18.9. The molecule has 56 heavy (non-hydrogen) atoms. The molecule has 3 saturated heterocycles. The van der Waals surface area contributed by atoms with Crippen LogP contribution in [0.2, 0.25) is 0 Å². The minimum Gasteiger partial charge on any atom is -0.507 e. The lowest BCUT2D eigenvalue weighted by molar-refractivity contribution is -0.323. The molecule has 2 aliphatic carbocycles. The second-order valence-electron chi connectivity index (χ2n) is 15.8. The Balaban J connectivity index is 1.13. The summed E-state index contributed by atoms with van der Waals surface area (Å²) in [5.74, 6) is -4.65. The van der Waals surface area contributed by atoms with Crippen LogP contribution in [0.1, 0.15) is 108 Å². The van der Waals surface area contributed by atoms with Gasteiger partial charge in [-0.25, -0.2) is 0 Å². The van der Waals surface area contributed by atoms with Gasteiger partial charge in [-0.1, -0.05) is 12.1 Å². The van der Waals surface area contributed by atoms with Crippen molar-refractivity contribution in [2.75, 3.05) is 27.8 Å². The van der Waals surface area contributed by atoms with Crippen molar-refractivity contribution in [3.63, 3.8) is 0 Å². The number of aliphatic hydroxyl groups is 2. The number of phenolic OH excluding ortho intramolecular Hbond substituents is 2. The van der Waals surface area contributed by atoms with E-state index in [9.17, 15) is 39.6 Å². The van der Waals surface area contributed by atoms with E-state index >= 15 is 0 Å². The van der Waals surface area contributed by atoms with Crippen LogP contribution in [0.3, 0.4) is 0 Å². The lowest BCUT2D eigenvalue weighted by atomic mass is 9.68. The normalized spacial score (nSPS) is 35.8. The average Bonchev–Trinajstić information content (AvgIpc) is 3.12. The predicted molar refractivity (Wildman–Crippen MR) is 192 cm³/mol. The summed E-state index contributed by atoms with van der Waals surface area (Å²) in [4.78, 5) is 54.3. The van der Waals surface area contributed by atoms with Gasteiger partial charge in [-0.05, 0) is 52.6 Å². The van der Waals surface area contributed by atoms with Gasteiger partial charge in [-0.2, -0.15) is 0 Å². The average molecular weight is 784 g/mol. The van der Waals surface area contributed by atoms with Gasteiger partial charge in [0.15, 0.2) is 30.4 Å². The number of benzene rings is 2. The maximum Gasteiger partial charge on any atom is 0.316 e. The number of Topliss-reactive ketones (excluding diaryl/α,β-unsaturated/α-hetero) is 1. The maximum absolute atomic E-state index is 13.8. The first-order chi connectivity index (χ1) is 26.5. The standard InChI is InChI=1S/C40H49NO15/c1-17-37(56-29-14-25(44)38(18(2)53-29)55-27-11-10-19(42)16-51-27)23(41(4)5)13-28(52-17)54-26-15-40(3,49)33(39(48)50-6)21-12-22-32(36(47)31(21)26)35(46)30-20(34(22)45)8-7-9-24(30)43/h7-9,12,17-18,23,25-29,33,37-38,43-44,47,49H,10-11,13-16H2,1-6H3/t17?,18?,23?,25?,26?,27?,28?,29?,33-,37?,38?,40?/m0/s1.